The number of rotatable bonds is 5. The molecule has 21 heavy (non-hydrogen) atoms. The molecule has 1 saturated heterocycles. The first-order valence-electron chi connectivity index (χ1n) is 8.32. The molecular weight excluding hydrogens is 324 g/mol. The van der Waals surface area contributed by atoms with Crippen molar-refractivity contribution in [2.45, 2.75) is 59.0 Å². The van der Waals surface area contributed by atoms with Crippen LogP contribution < -0.4 is 10.2 Å². The lowest BCUT2D eigenvalue weighted by molar-refractivity contribution is 0.389. The summed E-state index contributed by atoms with van der Waals surface area (Å²) >= 11 is 3.65. The molecule has 1 N–H and O–H groups in total. The number of halogens is 1. The molecule has 0 spiro atoms. The van der Waals surface area contributed by atoms with Crippen molar-refractivity contribution < 1.29 is 0 Å². The molecule has 3 heteroatoms. The Labute approximate surface area is 138 Å². The molecule has 0 bridgehead atoms. The summed E-state index contributed by atoms with van der Waals surface area (Å²) in [4.78, 5) is 2.61. The van der Waals surface area contributed by atoms with Crippen molar-refractivity contribution in [2.24, 2.45) is 5.92 Å². The standard InChI is InChI=1S/C18H29BrN2/c1-5-10-20-15(4)17-9-8-16(19)11-18(17)21-12-13(2)6-7-14(21)3/h8-9,11,13-15,20H,5-7,10,12H2,1-4H3. The zero-order valence-electron chi connectivity index (χ0n) is 13.8. The molecule has 1 aromatic carbocycles. The van der Waals surface area contributed by atoms with Crippen molar-refractivity contribution in [3.8, 4) is 0 Å². The maximum atomic E-state index is 3.65. The zero-order valence-corrected chi connectivity index (χ0v) is 15.4. The lowest BCUT2D eigenvalue weighted by atomic mass is 9.93. The van der Waals surface area contributed by atoms with Crippen LogP contribution in [-0.4, -0.2) is 19.1 Å². The van der Waals surface area contributed by atoms with Crippen LogP contribution in [-0.2, 0) is 0 Å². The second-order valence-corrected chi connectivity index (χ2v) is 7.48. The first kappa shape index (κ1) is 16.8. The van der Waals surface area contributed by atoms with Gasteiger partial charge in [-0.25, -0.2) is 0 Å². The van der Waals surface area contributed by atoms with E-state index in [-0.39, 0.29) is 0 Å². The molecule has 1 fully saturated rings. The van der Waals surface area contributed by atoms with Gasteiger partial charge in [0.15, 0.2) is 0 Å². The van der Waals surface area contributed by atoms with Gasteiger partial charge in [-0.3, -0.25) is 0 Å². The predicted octanol–water partition coefficient (Wildman–Crippen LogP) is 5.13. The second-order valence-electron chi connectivity index (χ2n) is 6.56. The fourth-order valence-electron chi connectivity index (χ4n) is 3.23. The third-order valence-corrected chi connectivity index (χ3v) is 5.08. The molecule has 1 aliphatic rings. The molecule has 2 rings (SSSR count). The van der Waals surface area contributed by atoms with E-state index in [0.29, 0.717) is 12.1 Å². The summed E-state index contributed by atoms with van der Waals surface area (Å²) in [6.07, 6.45) is 3.82. The quantitative estimate of drug-likeness (QED) is 0.789. The maximum absolute atomic E-state index is 3.65. The number of hydrogen-bond donors (Lipinski definition) is 1. The number of hydrogen-bond acceptors (Lipinski definition) is 2. The summed E-state index contributed by atoms with van der Waals surface area (Å²) in [6.45, 7) is 11.5. The van der Waals surface area contributed by atoms with Crippen LogP contribution in [0.5, 0.6) is 0 Å². The first-order chi connectivity index (χ1) is 10.0. The van der Waals surface area contributed by atoms with Crippen LogP contribution >= 0.6 is 15.9 Å². The van der Waals surface area contributed by atoms with Crippen LogP contribution in [0.15, 0.2) is 22.7 Å². The number of anilines is 1. The minimum Gasteiger partial charge on any atom is -0.368 e. The summed E-state index contributed by atoms with van der Waals surface area (Å²) in [7, 11) is 0. The van der Waals surface area contributed by atoms with Crippen LogP contribution in [0, 0.1) is 5.92 Å². The zero-order chi connectivity index (χ0) is 15.4. The number of piperidine rings is 1. The van der Waals surface area contributed by atoms with Crippen LogP contribution in [0.3, 0.4) is 0 Å². The molecule has 0 aliphatic carbocycles. The molecule has 2 nitrogen and oxygen atoms in total. The minimum atomic E-state index is 0.400. The van der Waals surface area contributed by atoms with Gasteiger partial charge in [0.05, 0.1) is 0 Å². The number of benzene rings is 1. The van der Waals surface area contributed by atoms with Gasteiger partial charge in [-0.15, -0.1) is 0 Å². The molecule has 0 saturated carbocycles. The third-order valence-electron chi connectivity index (χ3n) is 4.59. The van der Waals surface area contributed by atoms with Crippen LogP contribution in [0.4, 0.5) is 5.69 Å². The van der Waals surface area contributed by atoms with Gasteiger partial charge in [0, 0.05) is 28.8 Å². The van der Waals surface area contributed by atoms with E-state index in [1.165, 1.54) is 41.5 Å². The van der Waals surface area contributed by atoms with E-state index < -0.39 is 0 Å². The highest BCUT2D eigenvalue weighted by atomic mass is 79.9. The number of nitrogens with one attached hydrogen (secondary N) is 1. The first-order valence-corrected chi connectivity index (χ1v) is 9.11. The molecule has 3 unspecified atom stereocenters. The monoisotopic (exact) mass is 352 g/mol. The van der Waals surface area contributed by atoms with Crippen LogP contribution in [0.25, 0.3) is 0 Å². The van der Waals surface area contributed by atoms with E-state index in [2.05, 4.69) is 72.0 Å². The van der Waals surface area contributed by atoms with Crippen molar-refractivity contribution in [1.82, 2.24) is 5.32 Å². The molecule has 0 radical (unpaired) electrons. The van der Waals surface area contributed by atoms with E-state index in [9.17, 15) is 0 Å². The topological polar surface area (TPSA) is 15.3 Å². The third kappa shape index (κ3) is 4.23. The van der Waals surface area contributed by atoms with Crippen LogP contribution in [0.1, 0.15) is 58.6 Å². The molecule has 1 aliphatic heterocycles. The van der Waals surface area contributed by atoms with E-state index in [1.807, 2.05) is 0 Å². The highest BCUT2D eigenvalue weighted by molar-refractivity contribution is 9.10. The van der Waals surface area contributed by atoms with Crippen molar-refractivity contribution in [3.05, 3.63) is 28.2 Å². The van der Waals surface area contributed by atoms with Gasteiger partial charge in [0.2, 0.25) is 0 Å². The summed E-state index contributed by atoms with van der Waals surface area (Å²) in [5.74, 6) is 0.784. The normalized spacial score (nSPS) is 24.1. The van der Waals surface area contributed by atoms with Crippen molar-refractivity contribution >= 4 is 21.6 Å². The molecule has 0 amide bonds. The summed E-state index contributed by atoms with van der Waals surface area (Å²) in [5.41, 5.74) is 2.83. The SMILES string of the molecule is CCCNC(C)c1ccc(Br)cc1N1CC(C)CCC1C. The Bertz CT molecular complexity index is 461. The Morgan fingerprint density at radius 3 is 2.81 bits per heavy atom. The van der Waals surface area contributed by atoms with E-state index in [0.717, 1.165) is 12.5 Å². The average molecular weight is 353 g/mol. The summed E-state index contributed by atoms with van der Waals surface area (Å²) in [6, 6.07) is 7.78. The molecule has 1 aromatic rings. The Morgan fingerprint density at radius 1 is 1.33 bits per heavy atom. The predicted molar refractivity (Wildman–Crippen MR) is 96.1 cm³/mol. The Kier molecular flexibility index (Phi) is 6.12. The van der Waals surface area contributed by atoms with Gasteiger partial charge < -0.3 is 10.2 Å². The Morgan fingerprint density at radius 2 is 2.10 bits per heavy atom. The molecule has 3 atom stereocenters. The van der Waals surface area contributed by atoms with E-state index in [4.69, 9.17) is 0 Å². The van der Waals surface area contributed by atoms with Crippen LogP contribution in [0.2, 0.25) is 0 Å². The number of nitrogens with zero attached hydrogens (tertiary/aromatic N) is 1. The molecular formula is C18H29BrN2. The van der Waals surface area contributed by atoms with Crippen molar-refractivity contribution in [1.29, 1.82) is 0 Å². The van der Waals surface area contributed by atoms with Crippen molar-refractivity contribution in [3.63, 3.8) is 0 Å². The van der Waals surface area contributed by atoms with Crippen molar-refractivity contribution in [2.75, 3.05) is 18.0 Å². The smallest absolute Gasteiger partial charge is 0.0428 e. The lowest BCUT2D eigenvalue weighted by Gasteiger charge is -2.40. The molecule has 118 valence electrons. The van der Waals surface area contributed by atoms with Gasteiger partial charge in [0.25, 0.3) is 0 Å². The maximum Gasteiger partial charge on any atom is 0.0428 e. The molecule has 1 heterocycles. The lowest BCUT2D eigenvalue weighted by Crippen LogP contribution is -2.42. The van der Waals surface area contributed by atoms with Gasteiger partial charge in [0.1, 0.15) is 0 Å². The van der Waals surface area contributed by atoms with Gasteiger partial charge in [-0.2, -0.15) is 0 Å². The Hall–Kier alpha value is -0.540. The second kappa shape index (κ2) is 7.64. The summed E-state index contributed by atoms with van der Waals surface area (Å²) in [5, 5.41) is 3.63. The van der Waals surface area contributed by atoms with Gasteiger partial charge in [-0.05, 0) is 63.3 Å². The Balaban J connectivity index is 2.29. The minimum absolute atomic E-state index is 0.400. The molecule has 0 aromatic heterocycles. The highest BCUT2D eigenvalue weighted by Crippen LogP contribution is 2.34. The largest absolute Gasteiger partial charge is 0.368 e. The average Bonchev–Trinajstić information content (AvgIpc) is 2.47. The fourth-order valence-corrected chi connectivity index (χ4v) is 3.58. The van der Waals surface area contributed by atoms with Gasteiger partial charge >= 0.3 is 0 Å². The van der Waals surface area contributed by atoms with E-state index in [1.54, 1.807) is 0 Å². The summed E-state index contributed by atoms with van der Waals surface area (Å²) < 4.78 is 1.18. The van der Waals surface area contributed by atoms with E-state index >= 15 is 0 Å². The van der Waals surface area contributed by atoms with Gasteiger partial charge in [-0.1, -0.05) is 35.8 Å². The highest BCUT2D eigenvalue weighted by Gasteiger charge is 2.26. The fraction of sp³-hybridized carbons (Fsp3) is 0.667.